The van der Waals surface area contributed by atoms with E-state index in [2.05, 4.69) is 95.5 Å². The van der Waals surface area contributed by atoms with Gasteiger partial charge in [0.05, 0.1) is 21.0 Å². The van der Waals surface area contributed by atoms with E-state index in [4.69, 9.17) is 0 Å². The Morgan fingerprint density at radius 3 is 2.08 bits per heavy atom. The summed E-state index contributed by atoms with van der Waals surface area (Å²) in [7, 11) is -0.531. The maximum atomic E-state index is 4.35. The number of allylic oxidation sites excluding steroid dienone is 2. The van der Waals surface area contributed by atoms with Crippen LogP contribution >= 0.6 is 0 Å². The number of rotatable bonds is 7. The van der Waals surface area contributed by atoms with Gasteiger partial charge in [0.2, 0.25) is 0 Å². The van der Waals surface area contributed by atoms with Crippen LogP contribution in [0.2, 0.25) is 6.04 Å². The van der Waals surface area contributed by atoms with Crippen LogP contribution < -0.4 is 0 Å². The lowest BCUT2D eigenvalue weighted by Crippen LogP contribution is -2.41. The van der Waals surface area contributed by atoms with Gasteiger partial charge < -0.3 is 4.57 Å². The van der Waals surface area contributed by atoms with E-state index < -0.39 is 9.52 Å². The summed E-state index contributed by atoms with van der Waals surface area (Å²) in [4.78, 5) is 4.35. The molecule has 24 heavy (non-hydrogen) atoms. The van der Waals surface area contributed by atoms with Crippen molar-refractivity contribution in [3.63, 3.8) is 0 Å². The predicted octanol–water partition coefficient (Wildman–Crippen LogP) is 4.19. The molecule has 0 unspecified atom stereocenters. The third-order valence-corrected chi connectivity index (χ3v) is 7.05. The van der Waals surface area contributed by atoms with Gasteiger partial charge >= 0.3 is 0 Å². The Hall–Kier alpha value is -2.39. The van der Waals surface area contributed by atoms with Gasteiger partial charge in [-0.25, -0.2) is 4.98 Å². The number of imidazole rings is 1. The third kappa shape index (κ3) is 3.26. The zero-order valence-electron chi connectivity index (χ0n) is 14.2. The molecule has 0 radical (unpaired) electrons. The van der Waals surface area contributed by atoms with Crippen molar-refractivity contribution in [3.05, 3.63) is 103 Å². The number of hydrogen-bond acceptors (Lipinski definition) is 1. The van der Waals surface area contributed by atoms with Gasteiger partial charge in [0, 0.05) is 12.4 Å². The van der Waals surface area contributed by atoms with Crippen LogP contribution in [-0.2, 0) is 5.16 Å². The fourth-order valence-electron chi connectivity index (χ4n) is 3.37. The molecule has 3 rings (SSSR count). The molecule has 0 aliphatic rings. The first-order valence-electron chi connectivity index (χ1n) is 8.62. The SMILES string of the molecule is CCC=CC[SiH2]C(c1ccccc1)(c1ccccc1)n1ccnc1. The minimum atomic E-state index is -0.531. The number of nitrogens with zero attached hydrogens (tertiary/aromatic N) is 2. The lowest BCUT2D eigenvalue weighted by atomic mass is 9.97. The van der Waals surface area contributed by atoms with Crippen molar-refractivity contribution in [2.75, 3.05) is 0 Å². The van der Waals surface area contributed by atoms with Crippen molar-refractivity contribution in [2.45, 2.75) is 24.6 Å². The summed E-state index contributed by atoms with van der Waals surface area (Å²) >= 11 is 0. The van der Waals surface area contributed by atoms with Crippen LogP contribution in [0, 0.1) is 0 Å². The first-order chi connectivity index (χ1) is 11.9. The monoisotopic (exact) mass is 332 g/mol. The van der Waals surface area contributed by atoms with E-state index in [-0.39, 0.29) is 5.16 Å². The van der Waals surface area contributed by atoms with Crippen molar-refractivity contribution in [3.8, 4) is 0 Å². The molecule has 0 saturated carbocycles. The molecule has 0 amide bonds. The van der Waals surface area contributed by atoms with E-state index in [1.165, 1.54) is 11.1 Å². The highest BCUT2D eigenvalue weighted by atomic mass is 28.2. The molecule has 3 heteroatoms. The van der Waals surface area contributed by atoms with Crippen molar-refractivity contribution in [2.24, 2.45) is 0 Å². The van der Waals surface area contributed by atoms with Crippen LogP contribution in [0.15, 0.2) is 91.5 Å². The second kappa shape index (κ2) is 7.93. The topological polar surface area (TPSA) is 17.8 Å². The van der Waals surface area contributed by atoms with Crippen LogP contribution in [0.5, 0.6) is 0 Å². The van der Waals surface area contributed by atoms with E-state index >= 15 is 0 Å². The maximum absolute atomic E-state index is 4.35. The van der Waals surface area contributed by atoms with Crippen LogP contribution in [-0.4, -0.2) is 19.1 Å². The highest BCUT2D eigenvalue weighted by molar-refractivity contribution is 6.42. The Morgan fingerprint density at radius 1 is 0.958 bits per heavy atom. The molecule has 0 spiro atoms. The van der Waals surface area contributed by atoms with Crippen LogP contribution in [0.1, 0.15) is 24.5 Å². The second-order valence-electron chi connectivity index (χ2n) is 5.98. The highest BCUT2D eigenvalue weighted by Crippen LogP contribution is 2.34. The molecule has 0 N–H and O–H groups in total. The van der Waals surface area contributed by atoms with Crippen LogP contribution in [0.3, 0.4) is 0 Å². The molecule has 1 heterocycles. The molecule has 3 aromatic rings. The van der Waals surface area contributed by atoms with Crippen molar-refractivity contribution in [1.29, 1.82) is 0 Å². The zero-order valence-corrected chi connectivity index (χ0v) is 15.6. The summed E-state index contributed by atoms with van der Waals surface area (Å²) in [6.45, 7) is 2.19. The Morgan fingerprint density at radius 2 is 1.58 bits per heavy atom. The summed E-state index contributed by atoms with van der Waals surface area (Å²) in [5, 5.41) is -0.100. The molecule has 0 bridgehead atoms. The van der Waals surface area contributed by atoms with Gasteiger partial charge in [-0.05, 0) is 23.6 Å². The minimum absolute atomic E-state index is 0.100. The van der Waals surface area contributed by atoms with E-state index in [1.54, 1.807) is 0 Å². The standard InChI is InChI=1S/C21H24N2Si/c1-2-3-10-17-24-21(23-16-15-22-18-23,19-11-6-4-7-12-19)20-13-8-5-9-14-20/h3-16,18H,2,17,24H2,1H3. The normalized spacial score (nSPS) is 12.4. The highest BCUT2D eigenvalue weighted by Gasteiger charge is 2.35. The lowest BCUT2D eigenvalue weighted by molar-refractivity contribution is 0.592. The Bertz CT molecular complexity index is 710. The quantitative estimate of drug-likeness (QED) is 0.469. The van der Waals surface area contributed by atoms with E-state index in [0.717, 1.165) is 12.5 Å². The van der Waals surface area contributed by atoms with Gasteiger partial charge in [-0.1, -0.05) is 79.7 Å². The fourth-order valence-corrected chi connectivity index (χ4v) is 5.69. The molecule has 1 aromatic heterocycles. The van der Waals surface area contributed by atoms with Gasteiger partial charge in [-0.15, -0.1) is 0 Å². The first-order valence-corrected chi connectivity index (χ1v) is 10.3. The van der Waals surface area contributed by atoms with Gasteiger partial charge in [-0.2, -0.15) is 0 Å². The van der Waals surface area contributed by atoms with Crippen LogP contribution in [0.25, 0.3) is 0 Å². The molecule has 0 fully saturated rings. The van der Waals surface area contributed by atoms with Gasteiger partial charge in [-0.3, -0.25) is 0 Å². The summed E-state index contributed by atoms with van der Waals surface area (Å²) in [6, 6.07) is 22.9. The summed E-state index contributed by atoms with van der Waals surface area (Å²) in [5.74, 6) is 0. The molecule has 122 valence electrons. The van der Waals surface area contributed by atoms with Gasteiger partial charge in [0.15, 0.2) is 0 Å². The smallest absolute Gasteiger partial charge is 0.0953 e. The Kier molecular flexibility index (Phi) is 5.44. The largest absolute Gasteiger partial charge is 0.327 e. The number of benzene rings is 2. The van der Waals surface area contributed by atoms with E-state index in [1.807, 2.05) is 12.5 Å². The number of hydrogen-bond donors (Lipinski definition) is 0. The fraction of sp³-hybridized carbons (Fsp3) is 0.190. The van der Waals surface area contributed by atoms with Crippen molar-refractivity contribution < 1.29 is 0 Å². The van der Waals surface area contributed by atoms with E-state index in [9.17, 15) is 0 Å². The summed E-state index contributed by atoms with van der Waals surface area (Å²) in [6.07, 6.45) is 11.7. The molecule has 2 aromatic carbocycles. The molecule has 0 saturated heterocycles. The maximum Gasteiger partial charge on any atom is 0.0953 e. The van der Waals surface area contributed by atoms with Crippen molar-refractivity contribution in [1.82, 2.24) is 9.55 Å². The van der Waals surface area contributed by atoms with E-state index in [0.29, 0.717) is 0 Å². The summed E-state index contributed by atoms with van der Waals surface area (Å²) < 4.78 is 2.31. The Labute approximate surface area is 146 Å². The average molecular weight is 333 g/mol. The number of aromatic nitrogens is 2. The molecular weight excluding hydrogens is 308 g/mol. The molecular formula is C21H24N2Si. The van der Waals surface area contributed by atoms with Gasteiger partial charge in [0.25, 0.3) is 0 Å². The third-order valence-electron chi connectivity index (χ3n) is 4.52. The first kappa shape index (κ1) is 16.5. The zero-order chi connectivity index (χ0) is 16.7. The minimum Gasteiger partial charge on any atom is -0.327 e. The van der Waals surface area contributed by atoms with Crippen molar-refractivity contribution >= 4 is 9.52 Å². The van der Waals surface area contributed by atoms with Gasteiger partial charge in [0.1, 0.15) is 0 Å². The average Bonchev–Trinajstić information content (AvgIpc) is 3.19. The molecule has 2 nitrogen and oxygen atoms in total. The lowest BCUT2D eigenvalue weighted by Gasteiger charge is -2.36. The predicted molar refractivity (Wildman–Crippen MR) is 104 cm³/mol. The molecule has 0 aliphatic carbocycles. The second-order valence-corrected chi connectivity index (χ2v) is 8.08. The molecule has 0 atom stereocenters. The van der Waals surface area contributed by atoms with Crippen LogP contribution in [0.4, 0.5) is 0 Å². The summed E-state index contributed by atoms with van der Waals surface area (Å²) in [5.41, 5.74) is 2.71. The Balaban J connectivity index is 2.15. The molecule has 0 aliphatic heterocycles.